The lowest BCUT2D eigenvalue weighted by atomic mass is 9.99. The highest BCUT2D eigenvalue weighted by Crippen LogP contribution is 2.25. The largest absolute Gasteiger partial charge is 0.394 e. The molecule has 0 spiro atoms. The van der Waals surface area contributed by atoms with Crippen LogP contribution in [0.2, 0.25) is 0 Å². The Morgan fingerprint density at radius 3 is 1.18 bits per heavy atom. The zero-order chi connectivity index (χ0) is 64.5. The van der Waals surface area contributed by atoms with E-state index in [-0.39, 0.29) is 84.0 Å². The molecule has 4 saturated heterocycles. The van der Waals surface area contributed by atoms with Crippen molar-refractivity contribution < 1.29 is 128 Å². The van der Waals surface area contributed by atoms with Crippen LogP contribution in [-0.4, -0.2) is 290 Å². The number of unbranched alkanes of at least 4 members (excludes halogenated alkanes) is 14. The predicted octanol–water partition coefficient (Wildman–Crippen LogP) is -5.41. The van der Waals surface area contributed by atoms with E-state index in [2.05, 4.69) is 21.3 Å². The van der Waals surface area contributed by atoms with E-state index in [1.54, 1.807) is 0 Å². The summed E-state index contributed by atoms with van der Waals surface area (Å²) in [6.07, 6.45) is -8.20. The Kier molecular flexibility index (Phi) is 36.3. The highest BCUT2D eigenvalue weighted by Gasteiger charge is 2.46. The molecule has 508 valence electrons. The number of ether oxygens (including phenoxy) is 6. The Morgan fingerprint density at radius 1 is 0.443 bits per heavy atom. The fourth-order valence-electron chi connectivity index (χ4n) is 10.3. The van der Waals surface area contributed by atoms with Gasteiger partial charge in [0.15, 0.2) is 18.9 Å². The molecule has 0 aliphatic carbocycles. The summed E-state index contributed by atoms with van der Waals surface area (Å²) >= 11 is 0. The highest BCUT2D eigenvalue weighted by molar-refractivity contribution is 6.01. The second-order valence-electron chi connectivity index (χ2n) is 22.5. The standard InChI is InChI=1S/C56H98N6O26/c63-31-35-44(72)47(75)50(78)54(85-35)82-26-23-58-39(67)29-61(30-40(68)59-24-27-83-55-51(79)48(76)45(73)36(32-64)86-55)34(53(81)60-25-28-84-56-52(80)49(77)46(74)37(33-65)87-56)17-15-16-22-57-38(66)18-13-11-9-7-5-3-1-2-4-6-8-10-12-14-19-43(71)88-62-41(69)20-21-42(62)70/h34-37,44-52,54-56,63-65,72-80H,1-33H2,(H,57,66)(H,58,67)(H,59,68)(H,60,81)/t34-,35?,36?,37?,44?,45?,46?,47?,48?,49?,50?,51?,52?,54?,55?,56?/m0/s1. The van der Waals surface area contributed by atoms with E-state index in [9.17, 15) is 94.8 Å². The molecule has 0 radical (unpaired) electrons. The van der Waals surface area contributed by atoms with Crippen molar-refractivity contribution in [3.63, 3.8) is 0 Å². The second kappa shape index (κ2) is 42.0. The van der Waals surface area contributed by atoms with Gasteiger partial charge in [-0.25, -0.2) is 4.79 Å². The van der Waals surface area contributed by atoms with E-state index in [1.807, 2.05) is 0 Å². The number of rotatable bonds is 44. The summed E-state index contributed by atoms with van der Waals surface area (Å²) in [6.45, 7) is -4.72. The molecule has 4 rings (SSSR count). The van der Waals surface area contributed by atoms with Crippen LogP contribution in [0.3, 0.4) is 0 Å². The maximum atomic E-state index is 14.2. The average Bonchev–Trinajstić information content (AvgIpc) is 3.33. The van der Waals surface area contributed by atoms with Gasteiger partial charge in [-0.05, 0) is 32.1 Å². The van der Waals surface area contributed by atoms with Gasteiger partial charge in [-0.3, -0.25) is 33.7 Å². The Labute approximate surface area is 511 Å². The summed E-state index contributed by atoms with van der Waals surface area (Å²) in [5, 5.41) is 132. The minimum absolute atomic E-state index is 0.0221. The van der Waals surface area contributed by atoms with Crippen LogP contribution in [-0.2, 0) is 66.8 Å². The Hall–Kier alpha value is -4.27. The molecule has 4 aliphatic rings. The third-order valence-corrected chi connectivity index (χ3v) is 15.5. The molecule has 15 unspecified atom stereocenters. The van der Waals surface area contributed by atoms with Crippen LogP contribution in [0.1, 0.15) is 135 Å². The van der Waals surface area contributed by atoms with Crippen LogP contribution >= 0.6 is 0 Å². The molecule has 0 aromatic rings. The van der Waals surface area contributed by atoms with Gasteiger partial charge in [0.2, 0.25) is 23.6 Å². The van der Waals surface area contributed by atoms with Crippen LogP contribution in [0.4, 0.5) is 0 Å². The highest BCUT2D eigenvalue weighted by atomic mass is 16.7. The van der Waals surface area contributed by atoms with Crippen molar-refractivity contribution in [1.82, 2.24) is 31.2 Å². The van der Waals surface area contributed by atoms with E-state index in [0.29, 0.717) is 30.7 Å². The molecule has 32 nitrogen and oxygen atoms in total. The van der Waals surface area contributed by atoms with Gasteiger partial charge in [0.05, 0.1) is 58.8 Å². The van der Waals surface area contributed by atoms with Crippen molar-refractivity contribution in [3.05, 3.63) is 0 Å². The molecule has 0 bridgehead atoms. The van der Waals surface area contributed by atoms with Crippen LogP contribution in [0, 0.1) is 0 Å². The first-order chi connectivity index (χ1) is 42.2. The average molecular weight is 1270 g/mol. The zero-order valence-electron chi connectivity index (χ0n) is 50.0. The summed E-state index contributed by atoms with van der Waals surface area (Å²) in [5.74, 6) is -3.82. The van der Waals surface area contributed by atoms with Gasteiger partial charge in [0.1, 0.15) is 73.2 Å². The lowest BCUT2D eigenvalue weighted by molar-refractivity contribution is -0.300. The summed E-state index contributed by atoms with van der Waals surface area (Å²) in [7, 11) is 0. The summed E-state index contributed by atoms with van der Waals surface area (Å²) in [4.78, 5) is 95.5. The normalized spacial score (nSPS) is 28.6. The summed E-state index contributed by atoms with van der Waals surface area (Å²) < 4.78 is 32.5. The number of hydroxylamine groups is 2. The fourth-order valence-corrected chi connectivity index (χ4v) is 10.3. The summed E-state index contributed by atoms with van der Waals surface area (Å²) in [5.41, 5.74) is 0. The van der Waals surface area contributed by atoms with E-state index in [1.165, 1.54) is 4.90 Å². The minimum atomic E-state index is -1.73. The van der Waals surface area contributed by atoms with Gasteiger partial charge in [0, 0.05) is 51.9 Å². The number of aliphatic hydroxyl groups excluding tert-OH is 12. The molecule has 0 saturated carbocycles. The molecule has 6 amide bonds. The number of hydrogen-bond donors (Lipinski definition) is 16. The number of amides is 6. The van der Waals surface area contributed by atoms with Gasteiger partial charge < -0.3 is 116 Å². The number of carbonyl (C=O) groups excluding carboxylic acids is 7. The van der Waals surface area contributed by atoms with Gasteiger partial charge >= 0.3 is 5.97 Å². The van der Waals surface area contributed by atoms with Crippen molar-refractivity contribution in [2.24, 2.45) is 0 Å². The van der Waals surface area contributed by atoms with E-state index in [0.717, 1.165) is 77.0 Å². The third kappa shape index (κ3) is 26.1. The zero-order valence-corrected chi connectivity index (χ0v) is 50.0. The molecule has 4 aliphatic heterocycles. The topological polar surface area (TPSA) is 481 Å². The first-order valence-electron chi connectivity index (χ1n) is 30.9. The maximum absolute atomic E-state index is 14.2. The van der Waals surface area contributed by atoms with Gasteiger partial charge in [-0.15, -0.1) is 5.06 Å². The van der Waals surface area contributed by atoms with Gasteiger partial charge in [-0.1, -0.05) is 77.0 Å². The van der Waals surface area contributed by atoms with E-state index >= 15 is 0 Å². The molecule has 4 heterocycles. The van der Waals surface area contributed by atoms with Crippen LogP contribution in [0.25, 0.3) is 0 Å². The number of nitrogens with zero attached hydrogens (tertiary/aromatic N) is 2. The SMILES string of the molecule is O=C(CCCCCCCCCCCCCCCCC(=O)ON1C(=O)CCC1=O)NCCCC[C@@H](C(=O)NCCOC1OC(CO)C(O)C(O)C1O)N(CC(=O)NCCOC1OC(CO)C(O)C(O)C1O)CC(=O)NCCOC1OC(CO)C(O)C(O)C1O. The Morgan fingerprint density at radius 2 is 0.795 bits per heavy atom. The lowest BCUT2D eigenvalue weighted by Gasteiger charge is -2.39. The molecular weight excluding hydrogens is 1170 g/mol. The Bertz CT molecular complexity index is 1990. The molecule has 4 fully saturated rings. The Balaban J connectivity index is 1.24. The van der Waals surface area contributed by atoms with Crippen LogP contribution in [0.15, 0.2) is 0 Å². The number of aliphatic hydroxyl groups is 12. The number of imide groups is 1. The first-order valence-corrected chi connectivity index (χ1v) is 30.9. The lowest BCUT2D eigenvalue weighted by Crippen LogP contribution is -2.59. The third-order valence-electron chi connectivity index (χ3n) is 15.5. The molecular formula is C56H98N6O26. The molecule has 88 heavy (non-hydrogen) atoms. The van der Waals surface area contributed by atoms with Crippen molar-refractivity contribution in [2.75, 3.05) is 78.9 Å². The maximum Gasteiger partial charge on any atom is 0.333 e. The van der Waals surface area contributed by atoms with Crippen molar-refractivity contribution in [1.29, 1.82) is 0 Å². The smallest absolute Gasteiger partial charge is 0.333 e. The van der Waals surface area contributed by atoms with E-state index < -0.39 is 167 Å². The number of nitrogens with one attached hydrogen (secondary N) is 4. The number of hydrogen-bond acceptors (Lipinski definition) is 27. The second-order valence-corrected chi connectivity index (χ2v) is 22.5. The van der Waals surface area contributed by atoms with Crippen molar-refractivity contribution >= 4 is 41.4 Å². The van der Waals surface area contributed by atoms with E-state index in [4.69, 9.17) is 33.3 Å². The molecule has 16 N–H and O–H groups in total. The van der Waals surface area contributed by atoms with Gasteiger partial charge in [-0.2, -0.15) is 0 Å². The van der Waals surface area contributed by atoms with Crippen molar-refractivity contribution in [2.45, 2.75) is 233 Å². The molecule has 16 atom stereocenters. The van der Waals surface area contributed by atoms with Gasteiger partial charge in [0.25, 0.3) is 11.8 Å². The van der Waals surface area contributed by atoms with Crippen LogP contribution < -0.4 is 21.3 Å². The summed E-state index contributed by atoms with van der Waals surface area (Å²) in [6, 6.07) is -1.23. The quantitative estimate of drug-likeness (QED) is 0.0200. The molecule has 0 aromatic heterocycles. The minimum Gasteiger partial charge on any atom is -0.394 e. The molecule has 0 aromatic carbocycles. The first kappa shape index (κ1) is 76.2. The molecule has 32 heteroatoms. The predicted molar refractivity (Wildman–Crippen MR) is 301 cm³/mol. The monoisotopic (exact) mass is 1270 g/mol. The van der Waals surface area contributed by atoms with Crippen LogP contribution in [0.5, 0.6) is 0 Å². The van der Waals surface area contributed by atoms with Crippen molar-refractivity contribution in [3.8, 4) is 0 Å². The number of carbonyl (C=O) groups is 7. The fraction of sp³-hybridized carbons (Fsp3) is 0.875.